The molecular weight excluding hydrogens is 318 g/mol. The van der Waals surface area contributed by atoms with Gasteiger partial charge < -0.3 is 14.8 Å². The maximum absolute atomic E-state index is 11.9. The molecule has 2 rings (SSSR count). The van der Waals surface area contributed by atoms with E-state index in [1.54, 1.807) is 6.07 Å². The van der Waals surface area contributed by atoms with Gasteiger partial charge in [-0.25, -0.2) is 4.79 Å². The molecule has 0 unspecified atom stereocenters. The molecule has 0 bridgehead atoms. The molecule has 0 aliphatic carbocycles. The highest BCUT2D eigenvalue weighted by molar-refractivity contribution is 5.92. The highest BCUT2D eigenvalue weighted by Gasteiger charge is 2.10. The average molecular weight is 341 g/mol. The molecule has 0 fully saturated rings. The van der Waals surface area contributed by atoms with E-state index in [-0.39, 0.29) is 19.1 Å². The van der Waals surface area contributed by atoms with Crippen molar-refractivity contribution in [2.24, 2.45) is 0 Å². The molecule has 0 heterocycles. The van der Waals surface area contributed by atoms with Crippen molar-refractivity contribution in [1.82, 2.24) is 0 Å². The SMILES string of the molecule is CCc1cccc(NC(=O)COC(=O)COc2ccc(C)cc2C)c1. The zero-order chi connectivity index (χ0) is 18.2. The van der Waals surface area contributed by atoms with Crippen LogP contribution in [0.4, 0.5) is 5.69 Å². The summed E-state index contributed by atoms with van der Waals surface area (Å²) in [6.45, 7) is 5.36. The second-order valence-corrected chi connectivity index (χ2v) is 5.82. The van der Waals surface area contributed by atoms with Crippen LogP contribution in [-0.4, -0.2) is 25.1 Å². The first kappa shape index (κ1) is 18.5. The number of anilines is 1. The van der Waals surface area contributed by atoms with E-state index in [1.165, 1.54) is 0 Å². The fourth-order valence-corrected chi connectivity index (χ4v) is 2.35. The number of hydrogen-bond donors (Lipinski definition) is 1. The number of aryl methyl sites for hydroxylation is 3. The number of ether oxygens (including phenoxy) is 2. The lowest BCUT2D eigenvalue weighted by Crippen LogP contribution is -2.23. The fraction of sp³-hybridized carbons (Fsp3) is 0.300. The molecule has 2 aromatic carbocycles. The second-order valence-electron chi connectivity index (χ2n) is 5.82. The molecule has 0 aliphatic rings. The fourth-order valence-electron chi connectivity index (χ4n) is 2.35. The van der Waals surface area contributed by atoms with Gasteiger partial charge in [-0.05, 0) is 49.6 Å². The van der Waals surface area contributed by atoms with Crippen LogP contribution in [0, 0.1) is 13.8 Å². The maximum atomic E-state index is 11.9. The van der Waals surface area contributed by atoms with Gasteiger partial charge in [0.2, 0.25) is 0 Å². The van der Waals surface area contributed by atoms with E-state index in [2.05, 4.69) is 5.32 Å². The number of esters is 1. The standard InChI is InChI=1S/C20H23NO4/c1-4-16-6-5-7-17(11-16)21-19(22)12-25-20(23)13-24-18-9-8-14(2)10-15(18)3/h5-11H,4,12-13H2,1-3H3,(H,21,22). The Kier molecular flexibility index (Phi) is 6.57. The Morgan fingerprint density at radius 2 is 1.84 bits per heavy atom. The summed E-state index contributed by atoms with van der Waals surface area (Å²) >= 11 is 0. The molecule has 1 amide bonds. The van der Waals surface area contributed by atoms with Crippen molar-refractivity contribution in [3.05, 3.63) is 59.2 Å². The molecule has 1 N–H and O–H groups in total. The van der Waals surface area contributed by atoms with Gasteiger partial charge in [0, 0.05) is 5.69 Å². The van der Waals surface area contributed by atoms with E-state index in [4.69, 9.17) is 9.47 Å². The van der Waals surface area contributed by atoms with Gasteiger partial charge in [0.15, 0.2) is 13.2 Å². The van der Waals surface area contributed by atoms with Crippen LogP contribution < -0.4 is 10.1 Å². The number of benzene rings is 2. The van der Waals surface area contributed by atoms with E-state index in [0.717, 1.165) is 23.1 Å². The van der Waals surface area contributed by atoms with Gasteiger partial charge in [-0.2, -0.15) is 0 Å². The highest BCUT2D eigenvalue weighted by atomic mass is 16.6. The molecule has 0 saturated carbocycles. The predicted octanol–water partition coefficient (Wildman–Crippen LogP) is 3.43. The molecule has 0 atom stereocenters. The largest absolute Gasteiger partial charge is 0.482 e. The molecule has 2 aromatic rings. The summed E-state index contributed by atoms with van der Waals surface area (Å²) in [4.78, 5) is 23.6. The lowest BCUT2D eigenvalue weighted by atomic mass is 10.1. The smallest absolute Gasteiger partial charge is 0.344 e. The topological polar surface area (TPSA) is 64.6 Å². The van der Waals surface area contributed by atoms with Crippen LogP contribution in [-0.2, 0) is 20.7 Å². The molecule has 132 valence electrons. The van der Waals surface area contributed by atoms with Gasteiger partial charge in [-0.1, -0.05) is 36.8 Å². The third-order valence-corrected chi connectivity index (χ3v) is 3.66. The molecule has 0 aliphatic heterocycles. The quantitative estimate of drug-likeness (QED) is 0.784. The Morgan fingerprint density at radius 1 is 1.04 bits per heavy atom. The number of nitrogens with one attached hydrogen (secondary N) is 1. The van der Waals surface area contributed by atoms with Crippen molar-refractivity contribution in [2.75, 3.05) is 18.5 Å². The Bertz CT molecular complexity index is 755. The average Bonchev–Trinajstić information content (AvgIpc) is 2.59. The first-order chi connectivity index (χ1) is 12.0. The summed E-state index contributed by atoms with van der Waals surface area (Å²) in [5, 5.41) is 2.70. The minimum Gasteiger partial charge on any atom is -0.482 e. The summed E-state index contributed by atoms with van der Waals surface area (Å²) in [5.74, 6) is -0.339. The molecule has 5 nitrogen and oxygen atoms in total. The summed E-state index contributed by atoms with van der Waals surface area (Å²) < 4.78 is 10.4. The van der Waals surface area contributed by atoms with Crippen LogP contribution in [0.5, 0.6) is 5.75 Å². The van der Waals surface area contributed by atoms with Gasteiger partial charge in [0.25, 0.3) is 5.91 Å². The summed E-state index contributed by atoms with van der Waals surface area (Å²) in [6.07, 6.45) is 0.883. The van der Waals surface area contributed by atoms with Crippen molar-refractivity contribution in [3.8, 4) is 5.75 Å². The Hall–Kier alpha value is -2.82. The third kappa shape index (κ3) is 5.95. The van der Waals surface area contributed by atoms with Crippen LogP contribution >= 0.6 is 0 Å². The predicted molar refractivity (Wildman–Crippen MR) is 96.8 cm³/mol. The van der Waals surface area contributed by atoms with Crippen molar-refractivity contribution < 1.29 is 19.1 Å². The zero-order valence-corrected chi connectivity index (χ0v) is 14.8. The van der Waals surface area contributed by atoms with E-state index in [0.29, 0.717) is 11.4 Å². The highest BCUT2D eigenvalue weighted by Crippen LogP contribution is 2.18. The van der Waals surface area contributed by atoms with Gasteiger partial charge in [-0.3, -0.25) is 4.79 Å². The van der Waals surface area contributed by atoms with E-state index in [9.17, 15) is 9.59 Å². The van der Waals surface area contributed by atoms with E-state index in [1.807, 2.05) is 57.2 Å². The van der Waals surface area contributed by atoms with Gasteiger partial charge in [0.05, 0.1) is 0 Å². The van der Waals surface area contributed by atoms with Gasteiger partial charge >= 0.3 is 5.97 Å². The van der Waals surface area contributed by atoms with E-state index >= 15 is 0 Å². The minimum absolute atomic E-state index is 0.234. The first-order valence-electron chi connectivity index (χ1n) is 8.22. The number of rotatable bonds is 7. The van der Waals surface area contributed by atoms with E-state index < -0.39 is 5.97 Å². The summed E-state index contributed by atoms with van der Waals surface area (Å²) in [7, 11) is 0. The lowest BCUT2D eigenvalue weighted by Gasteiger charge is -2.10. The molecule has 0 saturated heterocycles. The minimum atomic E-state index is -0.586. The van der Waals surface area contributed by atoms with Crippen LogP contribution in [0.2, 0.25) is 0 Å². The van der Waals surface area contributed by atoms with Gasteiger partial charge in [-0.15, -0.1) is 0 Å². The molecule has 25 heavy (non-hydrogen) atoms. The molecule has 0 aromatic heterocycles. The Balaban J connectivity index is 1.76. The first-order valence-corrected chi connectivity index (χ1v) is 8.22. The molecule has 5 heteroatoms. The second kappa shape index (κ2) is 8.87. The summed E-state index contributed by atoms with van der Waals surface area (Å²) in [5.41, 5.74) is 3.88. The molecule has 0 radical (unpaired) electrons. The summed E-state index contributed by atoms with van der Waals surface area (Å²) in [6, 6.07) is 13.2. The van der Waals surface area contributed by atoms with Crippen molar-refractivity contribution >= 4 is 17.6 Å². The van der Waals surface area contributed by atoms with Crippen molar-refractivity contribution in [1.29, 1.82) is 0 Å². The Morgan fingerprint density at radius 3 is 2.56 bits per heavy atom. The molecular formula is C20H23NO4. The van der Waals surface area contributed by atoms with Crippen molar-refractivity contribution in [2.45, 2.75) is 27.2 Å². The maximum Gasteiger partial charge on any atom is 0.344 e. The number of amides is 1. The van der Waals surface area contributed by atoms with Crippen LogP contribution in [0.25, 0.3) is 0 Å². The lowest BCUT2D eigenvalue weighted by molar-refractivity contribution is -0.149. The van der Waals surface area contributed by atoms with Gasteiger partial charge in [0.1, 0.15) is 5.75 Å². The monoisotopic (exact) mass is 341 g/mol. The Labute approximate surface area is 148 Å². The normalized spacial score (nSPS) is 10.2. The molecule has 0 spiro atoms. The van der Waals surface area contributed by atoms with Crippen LogP contribution in [0.1, 0.15) is 23.6 Å². The zero-order valence-electron chi connectivity index (χ0n) is 14.8. The third-order valence-electron chi connectivity index (χ3n) is 3.66. The number of carbonyl (C=O) groups is 2. The van der Waals surface area contributed by atoms with Crippen LogP contribution in [0.3, 0.4) is 0 Å². The number of hydrogen-bond acceptors (Lipinski definition) is 4. The van der Waals surface area contributed by atoms with Crippen LogP contribution in [0.15, 0.2) is 42.5 Å². The number of carbonyl (C=O) groups excluding carboxylic acids is 2. The van der Waals surface area contributed by atoms with Crippen molar-refractivity contribution in [3.63, 3.8) is 0 Å².